The van der Waals surface area contributed by atoms with E-state index < -0.39 is 5.97 Å². The van der Waals surface area contributed by atoms with Gasteiger partial charge in [0.25, 0.3) is 0 Å². The Hall–Kier alpha value is -2.67. The largest absolute Gasteiger partial charge is 0.463 e. The van der Waals surface area contributed by atoms with Crippen LogP contribution in [0.25, 0.3) is 0 Å². The summed E-state index contributed by atoms with van der Waals surface area (Å²) in [4.78, 5) is 41.8. The topological polar surface area (TPSA) is 79.0 Å². The number of carbonyl (C=O) groups is 3. The molecule has 2 aliphatic rings. The van der Waals surface area contributed by atoms with Crippen LogP contribution in [0.4, 0.5) is 0 Å². The molecule has 1 atom stereocenters. The van der Waals surface area contributed by atoms with E-state index in [0.717, 1.165) is 25.2 Å². The van der Waals surface area contributed by atoms with Crippen LogP contribution in [0.1, 0.15) is 44.6 Å². The highest BCUT2D eigenvalue weighted by Gasteiger charge is 2.37. The first kappa shape index (κ1) is 22.0. The maximum Gasteiger partial charge on any atom is 0.336 e. The number of nitrogens with one attached hydrogen (secondary N) is 1. The van der Waals surface area contributed by atoms with Crippen molar-refractivity contribution in [2.45, 2.75) is 39.0 Å². The van der Waals surface area contributed by atoms with Crippen LogP contribution in [0.15, 0.2) is 41.6 Å². The molecule has 0 spiro atoms. The summed E-state index contributed by atoms with van der Waals surface area (Å²) in [6, 6.07) is 9.49. The van der Waals surface area contributed by atoms with Gasteiger partial charge < -0.3 is 19.9 Å². The lowest BCUT2D eigenvalue weighted by Crippen LogP contribution is -2.45. The van der Waals surface area contributed by atoms with Crippen molar-refractivity contribution in [3.05, 3.63) is 47.2 Å². The number of nitrogens with zero attached hydrogens (tertiary/aromatic N) is 2. The number of rotatable bonds is 8. The van der Waals surface area contributed by atoms with Gasteiger partial charge >= 0.3 is 5.97 Å². The summed E-state index contributed by atoms with van der Waals surface area (Å²) in [6.07, 6.45) is 2.55. The minimum Gasteiger partial charge on any atom is -0.463 e. The number of ether oxygens (including phenoxy) is 1. The second-order valence-electron chi connectivity index (χ2n) is 7.77. The van der Waals surface area contributed by atoms with Gasteiger partial charge in [-0.15, -0.1) is 0 Å². The van der Waals surface area contributed by atoms with E-state index in [1.165, 1.54) is 17.7 Å². The zero-order valence-electron chi connectivity index (χ0n) is 17.9. The number of carbonyl (C=O) groups excluding carboxylic acids is 3. The highest BCUT2D eigenvalue weighted by Crippen LogP contribution is 2.36. The Morgan fingerprint density at radius 2 is 1.87 bits per heavy atom. The maximum absolute atomic E-state index is 12.9. The number of hydrogen-bond acceptors (Lipinski definition) is 5. The zero-order chi connectivity index (χ0) is 21.5. The van der Waals surface area contributed by atoms with Crippen molar-refractivity contribution in [3.8, 4) is 0 Å². The molecule has 3 rings (SSSR count). The summed E-state index contributed by atoms with van der Waals surface area (Å²) < 4.78 is 5.27. The van der Waals surface area contributed by atoms with E-state index in [-0.39, 0.29) is 37.3 Å². The number of esters is 1. The van der Waals surface area contributed by atoms with Crippen LogP contribution in [-0.4, -0.2) is 66.9 Å². The number of allylic oxidation sites excluding steroid dienone is 1. The molecule has 30 heavy (non-hydrogen) atoms. The van der Waals surface area contributed by atoms with E-state index in [9.17, 15) is 14.4 Å². The van der Waals surface area contributed by atoms with Gasteiger partial charge in [-0.25, -0.2) is 4.79 Å². The highest BCUT2D eigenvalue weighted by atomic mass is 16.5. The molecule has 2 amide bonds. The van der Waals surface area contributed by atoms with Crippen LogP contribution in [0.5, 0.6) is 0 Å². The first-order valence-corrected chi connectivity index (χ1v) is 10.7. The van der Waals surface area contributed by atoms with E-state index in [0.29, 0.717) is 17.8 Å². The van der Waals surface area contributed by atoms with Gasteiger partial charge in [0.15, 0.2) is 0 Å². The number of likely N-dealkylation sites (tertiary alicyclic amines) is 1. The summed E-state index contributed by atoms with van der Waals surface area (Å²) >= 11 is 0. The van der Waals surface area contributed by atoms with Gasteiger partial charge in [-0.1, -0.05) is 30.3 Å². The summed E-state index contributed by atoms with van der Waals surface area (Å²) in [5, 5.41) is 2.90. The van der Waals surface area contributed by atoms with Crippen molar-refractivity contribution in [1.82, 2.24) is 15.1 Å². The molecule has 162 valence electrons. The van der Waals surface area contributed by atoms with E-state index in [1.807, 2.05) is 30.3 Å². The number of amides is 2. The molecule has 1 fully saturated rings. The van der Waals surface area contributed by atoms with Crippen LogP contribution in [0.2, 0.25) is 0 Å². The third-order valence-corrected chi connectivity index (χ3v) is 5.77. The van der Waals surface area contributed by atoms with Gasteiger partial charge in [-0.3, -0.25) is 9.59 Å². The Morgan fingerprint density at radius 1 is 1.17 bits per heavy atom. The molecule has 1 aromatic carbocycles. The van der Waals surface area contributed by atoms with Crippen LogP contribution in [0.3, 0.4) is 0 Å². The van der Waals surface area contributed by atoms with Crippen molar-refractivity contribution >= 4 is 17.8 Å². The predicted molar refractivity (Wildman–Crippen MR) is 114 cm³/mol. The minimum absolute atomic E-state index is 0.0882. The molecule has 7 nitrogen and oxygen atoms in total. The Kier molecular flexibility index (Phi) is 7.63. The lowest BCUT2D eigenvalue weighted by atomic mass is 9.83. The van der Waals surface area contributed by atoms with E-state index in [1.54, 1.807) is 13.8 Å². The Balaban J connectivity index is 1.73. The van der Waals surface area contributed by atoms with Crippen molar-refractivity contribution in [1.29, 1.82) is 0 Å². The molecule has 1 saturated heterocycles. The van der Waals surface area contributed by atoms with E-state index in [2.05, 4.69) is 10.2 Å². The van der Waals surface area contributed by atoms with E-state index >= 15 is 0 Å². The van der Waals surface area contributed by atoms with Crippen LogP contribution in [-0.2, 0) is 19.1 Å². The fourth-order valence-corrected chi connectivity index (χ4v) is 4.21. The molecule has 2 heterocycles. The SMILES string of the molecule is CCOC(=O)C1=C(C)N(CC(=O)NCCN2CCCC2)C(=O)CC1c1ccccc1. The Morgan fingerprint density at radius 3 is 2.53 bits per heavy atom. The average molecular weight is 414 g/mol. The Bertz CT molecular complexity index is 800. The lowest BCUT2D eigenvalue weighted by Gasteiger charge is -2.34. The van der Waals surface area contributed by atoms with Gasteiger partial charge in [0.2, 0.25) is 11.8 Å². The molecule has 7 heteroatoms. The van der Waals surface area contributed by atoms with Gasteiger partial charge in [-0.05, 0) is 45.3 Å². The fraction of sp³-hybridized carbons (Fsp3) is 0.522. The number of hydrogen-bond donors (Lipinski definition) is 1. The molecule has 0 radical (unpaired) electrons. The van der Waals surface area contributed by atoms with Crippen LogP contribution >= 0.6 is 0 Å². The quantitative estimate of drug-likeness (QED) is 0.660. The molecule has 0 bridgehead atoms. The van der Waals surface area contributed by atoms with Gasteiger partial charge in [0, 0.05) is 31.1 Å². The maximum atomic E-state index is 12.9. The standard InChI is InChI=1S/C23H31N3O4/c1-3-30-23(29)22-17(2)26(16-20(27)24-11-14-25-12-7-8-13-25)21(28)15-19(22)18-9-5-4-6-10-18/h4-6,9-10,19H,3,7-8,11-16H2,1-2H3,(H,24,27). The van der Waals surface area contributed by atoms with Gasteiger partial charge in [0.05, 0.1) is 12.2 Å². The van der Waals surface area contributed by atoms with Crippen molar-refractivity contribution in [2.24, 2.45) is 0 Å². The van der Waals surface area contributed by atoms with Crippen molar-refractivity contribution in [3.63, 3.8) is 0 Å². The first-order chi connectivity index (χ1) is 14.5. The molecular weight excluding hydrogens is 382 g/mol. The highest BCUT2D eigenvalue weighted by molar-refractivity contribution is 5.97. The molecule has 1 aromatic rings. The second-order valence-corrected chi connectivity index (χ2v) is 7.77. The minimum atomic E-state index is -0.434. The zero-order valence-corrected chi connectivity index (χ0v) is 17.9. The summed E-state index contributed by atoms with van der Waals surface area (Å²) in [7, 11) is 0. The Labute approximate surface area is 178 Å². The second kappa shape index (κ2) is 10.4. The fourth-order valence-electron chi connectivity index (χ4n) is 4.21. The third-order valence-electron chi connectivity index (χ3n) is 5.77. The summed E-state index contributed by atoms with van der Waals surface area (Å²) in [5.41, 5.74) is 1.84. The summed E-state index contributed by atoms with van der Waals surface area (Å²) in [5.74, 6) is -1.18. The molecule has 1 N–H and O–H groups in total. The third kappa shape index (κ3) is 5.27. The van der Waals surface area contributed by atoms with Crippen molar-refractivity contribution in [2.75, 3.05) is 39.3 Å². The predicted octanol–water partition coefficient (Wildman–Crippen LogP) is 2.05. The molecule has 0 aliphatic carbocycles. The monoisotopic (exact) mass is 413 g/mol. The van der Waals surface area contributed by atoms with Crippen molar-refractivity contribution < 1.29 is 19.1 Å². The molecule has 1 unspecified atom stereocenters. The van der Waals surface area contributed by atoms with Crippen LogP contribution in [0, 0.1) is 0 Å². The molecule has 2 aliphatic heterocycles. The smallest absolute Gasteiger partial charge is 0.336 e. The van der Waals surface area contributed by atoms with Crippen LogP contribution < -0.4 is 5.32 Å². The molecule has 0 aromatic heterocycles. The normalized spacial score (nSPS) is 19.9. The van der Waals surface area contributed by atoms with Gasteiger partial charge in [-0.2, -0.15) is 0 Å². The van der Waals surface area contributed by atoms with Gasteiger partial charge in [0.1, 0.15) is 6.54 Å². The lowest BCUT2D eigenvalue weighted by molar-refractivity contribution is -0.141. The molecular formula is C23H31N3O4. The average Bonchev–Trinajstić information content (AvgIpc) is 3.25. The first-order valence-electron chi connectivity index (χ1n) is 10.7. The molecule has 0 saturated carbocycles. The number of benzene rings is 1. The summed E-state index contributed by atoms with van der Waals surface area (Å²) in [6.45, 7) is 7.16. The van der Waals surface area contributed by atoms with E-state index in [4.69, 9.17) is 4.74 Å².